The number of aromatic nitrogens is 1. The lowest BCUT2D eigenvalue weighted by atomic mass is 10.1. The molecule has 8 nitrogen and oxygen atoms in total. The van der Waals surface area contributed by atoms with E-state index in [9.17, 15) is 9.59 Å². The Bertz CT molecular complexity index is 1060. The zero-order chi connectivity index (χ0) is 21.5. The van der Waals surface area contributed by atoms with Gasteiger partial charge in [-0.15, -0.1) is 0 Å². The standard InChI is InChI=1S/C22H22N4O4/c1-15(16-6-8-17(9-7-16)26-12-4-5-13-26)24-25-22(28)21(27)23-19-14-18(29-2)10-11-20(19)30-3/h4-14H,1-3H3,(H,23,27)(H,25,28)/b24-15+. The van der Waals surface area contributed by atoms with Crippen molar-refractivity contribution in [3.8, 4) is 17.2 Å². The molecule has 0 bridgehead atoms. The number of hydrazone groups is 1. The molecule has 1 aromatic heterocycles. The van der Waals surface area contributed by atoms with Gasteiger partial charge in [-0.25, -0.2) is 5.43 Å². The maximum Gasteiger partial charge on any atom is 0.329 e. The Kier molecular flexibility index (Phi) is 6.49. The van der Waals surface area contributed by atoms with Crippen LogP contribution in [0.15, 0.2) is 72.1 Å². The molecule has 2 aromatic carbocycles. The fourth-order valence-electron chi connectivity index (χ4n) is 2.72. The van der Waals surface area contributed by atoms with Gasteiger partial charge in [0.25, 0.3) is 0 Å². The van der Waals surface area contributed by atoms with E-state index in [0.29, 0.717) is 22.9 Å². The maximum atomic E-state index is 12.2. The molecule has 0 aliphatic heterocycles. The number of hydrogen-bond donors (Lipinski definition) is 2. The van der Waals surface area contributed by atoms with Gasteiger partial charge in [0, 0.05) is 24.1 Å². The second-order valence-corrected chi connectivity index (χ2v) is 6.30. The summed E-state index contributed by atoms with van der Waals surface area (Å²) in [5.74, 6) is -0.854. The van der Waals surface area contributed by atoms with Gasteiger partial charge in [0.2, 0.25) is 0 Å². The molecule has 2 N–H and O–H groups in total. The normalized spacial score (nSPS) is 11.0. The highest BCUT2D eigenvalue weighted by molar-refractivity contribution is 6.39. The minimum atomic E-state index is -0.900. The number of carbonyl (C=O) groups excluding carboxylic acids is 2. The van der Waals surface area contributed by atoms with Crippen LogP contribution in [0.2, 0.25) is 0 Å². The van der Waals surface area contributed by atoms with E-state index in [1.165, 1.54) is 14.2 Å². The minimum Gasteiger partial charge on any atom is -0.497 e. The first-order valence-electron chi connectivity index (χ1n) is 9.13. The number of ether oxygens (including phenoxy) is 2. The van der Waals surface area contributed by atoms with Crippen molar-refractivity contribution in [3.05, 3.63) is 72.6 Å². The van der Waals surface area contributed by atoms with Crippen LogP contribution in [0.4, 0.5) is 5.69 Å². The van der Waals surface area contributed by atoms with Gasteiger partial charge in [-0.2, -0.15) is 5.10 Å². The van der Waals surface area contributed by atoms with Gasteiger partial charge in [-0.3, -0.25) is 9.59 Å². The lowest BCUT2D eigenvalue weighted by Gasteiger charge is -2.11. The summed E-state index contributed by atoms with van der Waals surface area (Å²) < 4.78 is 12.3. The van der Waals surface area contributed by atoms with Crippen LogP contribution < -0.4 is 20.2 Å². The Morgan fingerprint density at radius 2 is 1.63 bits per heavy atom. The molecule has 0 saturated heterocycles. The number of amides is 2. The van der Waals surface area contributed by atoms with E-state index in [4.69, 9.17) is 9.47 Å². The molecule has 8 heteroatoms. The van der Waals surface area contributed by atoms with Gasteiger partial charge >= 0.3 is 11.8 Å². The number of nitrogens with one attached hydrogen (secondary N) is 2. The zero-order valence-corrected chi connectivity index (χ0v) is 16.9. The molecule has 0 atom stereocenters. The molecule has 2 amide bonds. The summed E-state index contributed by atoms with van der Waals surface area (Å²) in [6.07, 6.45) is 3.90. The summed E-state index contributed by atoms with van der Waals surface area (Å²) in [5, 5.41) is 6.51. The monoisotopic (exact) mass is 406 g/mol. The first-order chi connectivity index (χ1) is 14.5. The van der Waals surface area contributed by atoms with Gasteiger partial charge in [-0.05, 0) is 48.9 Å². The molecule has 30 heavy (non-hydrogen) atoms. The summed E-state index contributed by atoms with van der Waals surface area (Å²) in [7, 11) is 2.97. The fourth-order valence-corrected chi connectivity index (χ4v) is 2.72. The topological polar surface area (TPSA) is 93.9 Å². The van der Waals surface area contributed by atoms with Gasteiger partial charge in [0.1, 0.15) is 11.5 Å². The van der Waals surface area contributed by atoms with Gasteiger partial charge in [-0.1, -0.05) is 12.1 Å². The predicted molar refractivity (Wildman–Crippen MR) is 114 cm³/mol. The van der Waals surface area contributed by atoms with Crippen LogP contribution in [-0.4, -0.2) is 36.3 Å². The van der Waals surface area contributed by atoms with Crippen molar-refractivity contribution in [2.24, 2.45) is 5.10 Å². The third-order valence-electron chi connectivity index (χ3n) is 4.37. The molecule has 0 radical (unpaired) electrons. The molecular weight excluding hydrogens is 384 g/mol. The van der Waals surface area contributed by atoms with Crippen molar-refractivity contribution in [2.75, 3.05) is 19.5 Å². The molecule has 0 saturated carbocycles. The van der Waals surface area contributed by atoms with Crippen LogP contribution >= 0.6 is 0 Å². The molecule has 3 aromatic rings. The molecule has 0 aliphatic rings. The third-order valence-corrected chi connectivity index (χ3v) is 4.37. The van der Waals surface area contributed by atoms with E-state index < -0.39 is 11.8 Å². The van der Waals surface area contributed by atoms with Crippen LogP contribution in [0.3, 0.4) is 0 Å². The summed E-state index contributed by atoms with van der Waals surface area (Å²) in [6, 6.07) is 16.4. The summed E-state index contributed by atoms with van der Waals surface area (Å²) in [4.78, 5) is 24.4. The molecule has 3 rings (SSSR count). The highest BCUT2D eigenvalue weighted by atomic mass is 16.5. The number of anilines is 1. The molecule has 0 aliphatic carbocycles. The van der Waals surface area contributed by atoms with Crippen molar-refractivity contribution < 1.29 is 19.1 Å². The molecular formula is C22H22N4O4. The third kappa shape index (κ3) is 4.85. The van der Waals surface area contributed by atoms with Crippen LogP contribution in [-0.2, 0) is 9.59 Å². The molecule has 1 heterocycles. The molecule has 0 fully saturated rings. The Hall–Kier alpha value is -4.07. The summed E-state index contributed by atoms with van der Waals surface area (Å²) >= 11 is 0. The van der Waals surface area contributed by atoms with E-state index in [-0.39, 0.29) is 0 Å². The fraction of sp³-hybridized carbons (Fsp3) is 0.136. The molecule has 0 spiro atoms. The largest absolute Gasteiger partial charge is 0.497 e. The SMILES string of the molecule is COc1ccc(OC)c(NC(=O)C(=O)N/N=C(\C)c2ccc(-n3cccc3)cc2)c1. The lowest BCUT2D eigenvalue weighted by Crippen LogP contribution is -2.33. The van der Waals surface area contributed by atoms with Crippen molar-refractivity contribution in [1.29, 1.82) is 0 Å². The van der Waals surface area contributed by atoms with Gasteiger partial charge in [0.15, 0.2) is 0 Å². The average Bonchev–Trinajstić information content (AvgIpc) is 3.32. The first-order valence-corrected chi connectivity index (χ1v) is 9.13. The van der Waals surface area contributed by atoms with Crippen LogP contribution in [0, 0.1) is 0 Å². The minimum absolute atomic E-state index is 0.318. The highest BCUT2D eigenvalue weighted by Crippen LogP contribution is 2.28. The Labute approximate surface area is 174 Å². The highest BCUT2D eigenvalue weighted by Gasteiger charge is 2.16. The predicted octanol–water partition coefficient (Wildman–Crippen LogP) is 2.97. The number of carbonyl (C=O) groups is 2. The van der Waals surface area contributed by atoms with E-state index in [1.807, 2.05) is 53.4 Å². The van der Waals surface area contributed by atoms with Crippen molar-refractivity contribution in [3.63, 3.8) is 0 Å². The number of rotatable bonds is 6. The number of benzene rings is 2. The lowest BCUT2D eigenvalue weighted by molar-refractivity contribution is -0.136. The molecule has 0 unspecified atom stereocenters. The van der Waals surface area contributed by atoms with E-state index in [1.54, 1.807) is 25.1 Å². The smallest absolute Gasteiger partial charge is 0.329 e. The van der Waals surface area contributed by atoms with E-state index in [0.717, 1.165) is 11.3 Å². The Morgan fingerprint density at radius 3 is 2.27 bits per heavy atom. The quantitative estimate of drug-likeness (QED) is 0.374. The summed E-state index contributed by atoms with van der Waals surface area (Å²) in [5.41, 5.74) is 4.98. The maximum absolute atomic E-state index is 12.2. The Balaban J connectivity index is 1.64. The number of methoxy groups -OCH3 is 2. The number of nitrogens with zero attached hydrogens (tertiary/aromatic N) is 2. The van der Waals surface area contributed by atoms with E-state index in [2.05, 4.69) is 15.8 Å². The van der Waals surface area contributed by atoms with Crippen LogP contribution in [0.5, 0.6) is 11.5 Å². The van der Waals surface area contributed by atoms with Crippen molar-refractivity contribution in [2.45, 2.75) is 6.92 Å². The Morgan fingerprint density at radius 1 is 0.933 bits per heavy atom. The van der Waals surface area contributed by atoms with E-state index >= 15 is 0 Å². The van der Waals surface area contributed by atoms with Crippen LogP contribution in [0.25, 0.3) is 5.69 Å². The molecule has 154 valence electrons. The number of hydrogen-bond acceptors (Lipinski definition) is 5. The van der Waals surface area contributed by atoms with Crippen molar-refractivity contribution >= 4 is 23.2 Å². The van der Waals surface area contributed by atoms with Crippen LogP contribution in [0.1, 0.15) is 12.5 Å². The van der Waals surface area contributed by atoms with Gasteiger partial charge in [0.05, 0.1) is 25.6 Å². The average molecular weight is 406 g/mol. The van der Waals surface area contributed by atoms with Crippen molar-refractivity contribution in [1.82, 2.24) is 9.99 Å². The summed E-state index contributed by atoms with van der Waals surface area (Å²) in [6.45, 7) is 1.74. The second kappa shape index (κ2) is 9.42. The first kappa shape index (κ1) is 20.7. The second-order valence-electron chi connectivity index (χ2n) is 6.30. The zero-order valence-electron chi connectivity index (χ0n) is 16.9. The van der Waals surface area contributed by atoms with Gasteiger partial charge < -0.3 is 19.4 Å².